The van der Waals surface area contributed by atoms with Crippen LogP contribution >= 0.6 is 0 Å². The van der Waals surface area contributed by atoms with Crippen LogP contribution < -0.4 is 4.74 Å². The van der Waals surface area contributed by atoms with E-state index >= 15 is 0 Å². The average molecular weight is 277 g/mol. The minimum Gasteiger partial charge on any atom is -0.484 e. The third-order valence-corrected chi connectivity index (χ3v) is 2.71. The van der Waals surface area contributed by atoms with Crippen molar-refractivity contribution in [3.8, 4) is 11.8 Å². The standard InChI is InChI=1S/C13H15N3O4/c1-10-8-11(4-5-12(10)16(18)19)20-9-13(17)15(2)7-3-6-14/h4-5,8H,3,7,9H2,1-2H3. The van der Waals surface area contributed by atoms with Gasteiger partial charge in [-0.05, 0) is 19.1 Å². The molecule has 20 heavy (non-hydrogen) atoms. The van der Waals surface area contributed by atoms with E-state index in [1.54, 1.807) is 14.0 Å². The summed E-state index contributed by atoms with van der Waals surface area (Å²) >= 11 is 0. The molecule has 0 bridgehead atoms. The van der Waals surface area contributed by atoms with Crippen molar-refractivity contribution < 1.29 is 14.5 Å². The SMILES string of the molecule is Cc1cc(OCC(=O)N(C)CCC#N)ccc1[N+](=O)[O-]. The first-order chi connectivity index (χ1) is 9.45. The van der Waals surface area contributed by atoms with Crippen LogP contribution in [0.5, 0.6) is 5.75 Å². The minimum absolute atomic E-state index is 0.00909. The number of rotatable bonds is 6. The quantitative estimate of drug-likeness (QED) is 0.581. The van der Waals surface area contributed by atoms with E-state index in [4.69, 9.17) is 10.00 Å². The van der Waals surface area contributed by atoms with Gasteiger partial charge in [0, 0.05) is 25.2 Å². The molecule has 0 atom stereocenters. The fourth-order valence-electron chi connectivity index (χ4n) is 1.52. The zero-order chi connectivity index (χ0) is 15.1. The van der Waals surface area contributed by atoms with Crippen LogP contribution in [0.2, 0.25) is 0 Å². The second-order valence-electron chi connectivity index (χ2n) is 4.22. The molecule has 0 aliphatic rings. The maximum Gasteiger partial charge on any atom is 0.272 e. The lowest BCUT2D eigenvalue weighted by Gasteiger charge is -2.15. The fourth-order valence-corrected chi connectivity index (χ4v) is 1.52. The lowest BCUT2D eigenvalue weighted by molar-refractivity contribution is -0.385. The monoisotopic (exact) mass is 277 g/mol. The molecule has 1 rings (SSSR count). The van der Waals surface area contributed by atoms with Crippen molar-refractivity contribution in [2.24, 2.45) is 0 Å². The molecular weight excluding hydrogens is 262 g/mol. The van der Waals surface area contributed by atoms with Gasteiger partial charge < -0.3 is 9.64 Å². The molecule has 0 aliphatic carbocycles. The minimum atomic E-state index is -0.472. The summed E-state index contributed by atoms with van der Waals surface area (Å²) in [4.78, 5) is 23.3. The smallest absolute Gasteiger partial charge is 0.272 e. The number of ether oxygens (including phenoxy) is 1. The summed E-state index contributed by atoms with van der Waals surface area (Å²) in [5.41, 5.74) is 0.479. The molecule has 7 heteroatoms. The Morgan fingerprint density at radius 3 is 2.80 bits per heavy atom. The van der Waals surface area contributed by atoms with Gasteiger partial charge in [-0.2, -0.15) is 5.26 Å². The Morgan fingerprint density at radius 1 is 1.55 bits per heavy atom. The molecular formula is C13H15N3O4. The van der Waals surface area contributed by atoms with Gasteiger partial charge in [0.25, 0.3) is 11.6 Å². The van der Waals surface area contributed by atoms with Crippen molar-refractivity contribution in [1.82, 2.24) is 4.90 Å². The van der Waals surface area contributed by atoms with E-state index in [0.717, 1.165) is 0 Å². The number of carbonyl (C=O) groups is 1. The van der Waals surface area contributed by atoms with Gasteiger partial charge in [-0.1, -0.05) is 0 Å². The van der Waals surface area contributed by atoms with Crippen LogP contribution in [0.1, 0.15) is 12.0 Å². The van der Waals surface area contributed by atoms with Crippen LogP contribution in [0.3, 0.4) is 0 Å². The van der Waals surface area contributed by atoms with E-state index in [1.165, 1.54) is 23.1 Å². The zero-order valence-corrected chi connectivity index (χ0v) is 11.3. The molecule has 0 aromatic heterocycles. The van der Waals surface area contributed by atoms with Crippen LogP contribution in [-0.4, -0.2) is 35.9 Å². The second kappa shape index (κ2) is 7.09. The molecule has 0 aliphatic heterocycles. The highest BCUT2D eigenvalue weighted by Crippen LogP contribution is 2.22. The van der Waals surface area contributed by atoms with Gasteiger partial charge in [0.15, 0.2) is 6.61 Å². The van der Waals surface area contributed by atoms with Crippen LogP contribution in [0.4, 0.5) is 5.69 Å². The Kier molecular flexibility index (Phi) is 5.47. The molecule has 7 nitrogen and oxygen atoms in total. The third-order valence-electron chi connectivity index (χ3n) is 2.71. The molecule has 0 saturated carbocycles. The van der Waals surface area contributed by atoms with Crippen molar-refractivity contribution in [3.05, 3.63) is 33.9 Å². The predicted octanol–water partition coefficient (Wildman–Crippen LogP) is 1.65. The first-order valence-corrected chi connectivity index (χ1v) is 5.94. The summed E-state index contributed by atoms with van der Waals surface area (Å²) in [5.74, 6) is 0.145. The maximum atomic E-state index is 11.7. The summed E-state index contributed by atoms with van der Waals surface area (Å²) in [5, 5.41) is 19.1. The lowest BCUT2D eigenvalue weighted by atomic mass is 10.2. The molecule has 0 spiro atoms. The number of nitriles is 1. The van der Waals surface area contributed by atoms with Gasteiger partial charge in [0.05, 0.1) is 17.4 Å². The summed E-state index contributed by atoms with van der Waals surface area (Å²) in [6.45, 7) is 1.78. The predicted molar refractivity (Wildman–Crippen MR) is 71.2 cm³/mol. The molecule has 0 fully saturated rings. The van der Waals surface area contributed by atoms with E-state index in [1.807, 2.05) is 6.07 Å². The van der Waals surface area contributed by atoms with E-state index < -0.39 is 4.92 Å². The Morgan fingerprint density at radius 2 is 2.25 bits per heavy atom. The average Bonchev–Trinajstić information content (AvgIpc) is 2.41. The Labute approximate surface area is 116 Å². The van der Waals surface area contributed by atoms with Crippen LogP contribution in [0, 0.1) is 28.4 Å². The van der Waals surface area contributed by atoms with E-state index in [0.29, 0.717) is 17.9 Å². The molecule has 106 valence electrons. The number of carbonyl (C=O) groups excluding carboxylic acids is 1. The first-order valence-electron chi connectivity index (χ1n) is 5.94. The summed E-state index contributed by atoms with van der Waals surface area (Å²) < 4.78 is 5.29. The highest BCUT2D eigenvalue weighted by atomic mass is 16.6. The number of nitro groups is 1. The largest absolute Gasteiger partial charge is 0.484 e. The highest BCUT2D eigenvalue weighted by Gasteiger charge is 2.12. The number of nitro benzene ring substituents is 1. The molecule has 0 heterocycles. The molecule has 0 saturated heterocycles. The van der Waals surface area contributed by atoms with Crippen LogP contribution in [-0.2, 0) is 4.79 Å². The van der Waals surface area contributed by atoms with Crippen molar-refractivity contribution >= 4 is 11.6 Å². The van der Waals surface area contributed by atoms with Gasteiger partial charge >= 0.3 is 0 Å². The van der Waals surface area contributed by atoms with Gasteiger partial charge in [-0.25, -0.2) is 0 Å². The zero-order valence-electron chi connectivity index (χ0n) is 11.3. The molecule has 1 amide bonds. The number of likely N-dealkylation sites (N-methyl/N-ethyl adjacent to an activating group) is 1. The number of hydrogen-bond donors (Lipinski definition) is 0. The summed E-state index contributed by atoms with van der Waals surface area (Å²) in [6.07, 6.45) is 0.263. The van der Waals surface area contributed by atoms with Crippen LogP contribution in [0.15, 0.2) is 18.2 Å². The van der Waals surface area contributed by atoms with E-state index in [9.17, 15) is 14.9 Å². The molecule has 0 N–H and O–H groups in total. The number of amides is 1. The summed E-state index contributed by atoms with van der Waals surface area (Å²) in [6, 6.07) is 6.26. The van der Waals surface area contributed by atoms with Crippen LogP contribution in [0.25, 0.3) is 0 Å². The van der Waals surface area contributed by atoms with Gasteiger partial charge in [-0.3, -0.25) is 14.9 Å². The highest BCUT2D eigenvalue weighted by molar-refractivity contribution is 5.77. The van der Waals surface area contributed by atoms with Gasteiger partial charge in [-0.15, -0.1) is 0 Å². The van der Waals surface area contributed by atoms with Crippen molar-refractivity contribution in [1.29, 1.82) is 5.26 Å². The normalized spacial score (nSPS) is 9.65. The van der Waals surface area contributed by atoms with Gasteiger partial charge in [0.2, 0.25) is 0 Å². The van der Waals surface area contributed by atoms with Crippen molar-refractivity contribution in [3.63, 3.8) is 0 Å². The van der Waals surface area contributed by atoms with Gasteiger partial charge in [0.1, 0.15) is 5.75 Å². The van der Waals surface area contributed by atoms with E-state index in [-0.39, 0.29) is 24.6 Å². The van der Waals surface area contributed by atoms with Crippen molar-refractivity contribution in [2.45, 2.75) is 13.3 Å². The summed E-state index contributed by atoms with van der Waals surface area (Å²) in [7, 11) is 1.59. The topological polar surface area (TPSA) is 96.5 Å². The first kappa shape index (κ1) is 15.4. The Hall–Kier alpha value is -2.62. The fraction of sp³-hybridized carbons (Fsp3) is 0.385. The Bertz CT molecular complexity index is 551. The molecule has 0 unspecified atom stereocenters. The second-order valence-corrected chi connectivity index (χ2v) is 4.22. The Balaban J connectivity index is 2.58. The lowest BCUT2D eigenvalue weighted by Crippen LogP contribution is -2.32. The number of nitrogens with zero attached hydrogens (tertiary/aromatic N) is 3. The third kappa shape index (κ3) is 4.24. The number of aryl methyl sites for hydroxylation is 1. The number of benzene rings is 1. The molecule has 1 aromatic carbocycles. The number of hydrogen-bond acceptors (Lipinski definition) is 5. The van der Waals surface area contributed by atoms with Crippen molar-refractivity contribution in [2.75, 3.05) is 20.2 Å². The van der Waals surface area contributed by atoms with E-state index in [2.05, 4.69) is 0 Å². The molecule has 1 aromatic rings. The molecule has 0 radical (unpaired) electrons. The maximum absolute atomic E-state index is 11.7.